The van der Waals surface area contributed by atoms with Crippen LogP contribution in [0.25, 0.3) is 0 Å². The maximum atomic E-state index is 14.3. The van der Waals surface area contributed by atoms with Gasteiger partial charge in [0.15, 0.2) is 0 Å². The molecule has 0 aromatic heterocycles. The van der Waals surface area contributed by atoms with E-state index in [1.807, 2.05) is 69.3 Å². The van der Waals surface area contributed by atoms with E-state index in [2.05, 4.69) is 0 Å². The van der Waals surface area contributed by atoms with Gasteiger partial charge >= 0.3 is 5.97 Å². The van der Waals surface area contributed by atoms with E-state index < -0.39 is 41.1 Å². The van der Waals surface area contributed by atoms with Crippen LogP contribution in [0.5, 0.6) is 0 Å². The van der Waals surface area contributed by atoms with Crippen molar-refractivity contribution in [2.24, 2.45) is 11.8 Å². The van der Waals surface area contributed by atoms with Crippen molar-refractivity contribution >= 4 is 17.8 Å². The van der Waals surface area contributed by atoms with Crippen molar-refractivity contribution in [3.8, 4) is 0 Å². The Morgan fingerprint density at radius 2 is 1.81 bits per heavy atom. The lowest BCUT2D eigenvalue weighted by Gasteiger charge is -2.41. The first-order chi connectivity index (χ1) is 17.3. The predicted molar refractivity (Wildman–Crippen MR) is 132 cm³/mol. The summed E-state index contributed by atoms with van der Waals surface area (Å²) in [6, 6.07) is 7.80. The summed E-state index contributed by atoms with van der Waals surface area (Å²) in [5.74, 6) is -2.91. The third kappa shape index (κ3) is 3.53. The van der Waals surface area contributed by atoms with E-state index in [0.29, 0.717) is 19.4 Å². The second-order valence-corrected chi connectivity index (χ2v) is 10.4. The molecule has 0 radical (unpaired) electrons. The van der Waals surface area contributed by atoms with Crippen molar-refractivity contribution in [3.63, 3.8) is 0 Å². The van der Waals surface area contributed by atoms with E-state index in [4.69, 9.17) is 9.47 Å². The average molecular weight is 495 g/mol. The van der Waals surface area contributed by atoms with Crippen LogP contribution in [0.1, 0.15) is 32.8 Å². The number of carbonyl (C=O) groups is 3. The lowest BCUT2D eigenvalue weighted by molar-refractivity contribution is -0.161. The fourth-order valence-electron chi connectivity index (χ4n) is 6.55. The summed E-state index contributed by atoms with van der Waals surface area (Å²) in [5, 5.41) is 10.5. The minimum atomic E-state index is -1.34. The van der Waals surface area contributed by atoms with Gasteiger partial charge in [-0.3, -0.25) is 14.4 Å². The lowest BCUT2D eigenvalue weighted by Crippen LogP contribution is -2.60. The van der Waals surface area contributed by atoms with Gasteiger partial charge in [0, 0.05) is 12.6 Å². The van der Waals surface area contributed by atoms with Crippen LogP contribution in [0.2, 0.25) is 0 Å². The number of cyclic esters (lactones) is 1. The maximum absolute atomic E-state index is 14.3. The molecule has 192 valence electrons. The molecule has 1 spiro atoms. The summed E-state index contributed by atoms with van der Waals surface area (Å²) in [5.41, 5.74) is -1.46. The zero-order chi connectivity index (χ0) is 25.7. The van der Waals surface area contributed by atoms with Gasteiger partial charge in [0.2, 0.25) is 11.8 Å². The van der Waals surface area contributed by atoms with Crippen molar-refractivity contribution in [1.29, 1.82) is 0 Å². The van der Waals surface area contributed by atoms with Gasteiger partial charge in [0.1, 0.15) is 29.8 Å². The SMILES string of the molecule is CC[C@@]12C=CCOC(=O)[C@@H]1[C@H]1C(=O)N([C@@H](CO)Cc3ccccc3)C3C(=O)N(C(C)C)CC=C[C@@]31O2. The van der Waals surface area contributed by atoms with Crippen LogP contribution in [0.15, 0.2) is 54.6 Å². The van der Waals surface area contributed by atoms with Crippen LogP contribution < -0.4 is 0 Å². The highest BCUT2D eigenvalue weighted by molar-refractivity contribution is 5.99. The summed E-state index contributed by atoms with van der Waals surface area (Å²) >= 11 is 0. The first-order valence-corrected chi connectivity index (χ1v) is 12.8. The Bertz CT molecular complexity index is 1100. The molecule has 0 bridgehead atoms. The molecule has 1 N–H and O–H groups in total. The Labute approximate surface area is 211 Å². The largest absolute Gasteiger partial charge is 0.461 e. The molecule has 0 saturated carbocycles. The van der Waals surface area contributed by atoms with Crippen molar-refractivity contribution in [3.05, 3.63) is 60.2 Å². The molecule has 5 rings (SSSR count). The molecule has 6 atom stereocenters. The van der Waals surface area contributed by atoms with Gasteiger partial charge < -0.3 is 24.4 Å². The quantitative estimate of drug-likeness (QED) is 0.479. The lowest BCUT2D eigenvalue weighted by atomic mass is 9.73. The molecule has 4 heterocycles. The van der Waals surface area contributed by atoms with Crippen LogP contribution in [-0.2, 0) is 30.3 Å². The topological polar surface area (TPSA) is 96.4 Å². The molecular weight excluding hydrogens is 460 g/mol. The Kier molecular flexibility index (Phi) is 6.29. The number of likely N-dealkylation sites (tertiary alicyclic amines) is 1. The van der Waals surface area contributed by atoms with Crippen molar-refractivity contribution < 1.29 is 29.0 Å². The summed E-state index contributed by atoms with van der Waals surface area (Å²) in [6.45, 7) is 5.95. The molecular formula is C28H34N2O6. The molecule has 2 fully saturated rings. The second kappa shape index (κ2) is 9.16. The van der Waals surface area contributed by atoms with Gasteiger partial charge in [-0.15, -0.1) is 0 Å². The molecule has 2 amide bonds. The third-order valence-electron chi connectivity index (χ3n) is 8.21. The highest BCUT2D eigenvalue weighted by Gasteiger charge is 2.76. The average Bonchev–Trinajstić information content (AvgIpc) is 3.15. The summed E-state index contributed by atoms with van der Waals surface area (Å²) in [4.78, 5) is 45.1. The molecule has 4 aliphatic rings. The Balaban J connectivity index is 1.67. The number of ether oxygens (including phenoxy) is 2. The van der Waals surface area contributed by atoms with E-state index in [1.54, 1.807) is 11.0 Å². The van der Waals surface area contributed by atoms with Crippen molar-refractivity contribution in [1.82, 2.24) is 9.80 Å². The molecule has 1 unspecified atom stereocenters. The van der Waals surface area contributed by atoms with Gasteiger partial charge in [-0.05, 0) is 38.3 Å². The van der Waals surface area contributed by atoms with E-state index in [1.165, 1.54) is 4.90 Å². The highest BCUT2D eigenvalue weighted by atomic mass is 16.6. The first kappa shape index (κ1) is 24.7. The Morgan fingerprint density at radius 3 is 2.47 bits per heavy atom. The zero-order valence-corrected chi connectivity index (χ0v) is 21.0. The molecule has 1 aromatic rings. The Hall–Kier alpha value is -2.97. The smallest absolute Gasteiger partial charge is 0.313 e. The second-order valence-electron chi connectivity index (χ2n) is 10.4. The van der Waals surface area contributed by atoms with Gasteiger partial charge in [-0.1, -0.05) is 55.5 Å². The molecule has 1 aromatic carbocycles. The van der Waals surface area contributed by atoms with Crippen LogP contribution in [0.4, 0.5) is 0 Å². The number of amides is 2. The Morgan fingerprint density at radius 1 is 1.06 bits per heavy atom. The number of aliphatic hydroxyl groups excluding tert-OH is 1. The van der Waals surface area contributed by atoms with E-state index in [9.17, 15) is 19.5 Å². The van der Waals surface area contributed by atoms with Crippen molar-refractivity contribution in [2.75, 3.05) is 19.8 Å². The van der Waals surface area contributed by atoms with Crippen molar-refractivity contribution in [2.45, 2.75) is 62.9 Å². The molecule has 0 aliphatic carbocycles. The van der Waals surface area contributed by atoms with Crippen LogP contribution in [0.3, 0.4) is 0 Å². The minimum absolute atomic E-state index is 0.105. The number of aliphatic hydroxyl groups is 1. The third-order valence-corrected chi connectivity index (χ3v) is 8.21. The highest BCUT2D eigenvalue weighted by Crippen LogP contribution is 2.58. The zero-order valence-electron chi connectivity index (χ0n) is 21.0. The van der Waals surface area contributed by atoms with Gasteiger partial charge in [-0.2, -0.15) is 0 Å². The van der Waals surface area contributed by atoms with E-state index in [-0.39, 0.29) is 31.1 Å². The standard InChI is InChI=1S/C28H34N2O6/c1-4-27-12-9-15-35-26(34)22(27)21-24(32)30(20(17-31)16-19-10-6-5-7-11-19)23-25(33)29(18(2)3)14-8-13-28(21,23)36-27/h5-13,18,20-23,31H,4,14-17H2,1-3H3/t20-,21+,22+,23?,27-,28+/m1/s1. The number of nitrogens with zero attached hydrogens (tertiary/aromatic N) is 2. The summed E-state index contributed by atoms with van der Waals surface area (Å²) in [6.07, 6.45) is 8.10. The molecule has 4 aliphatic heterocycles. The van der Waals surface area contributed by atoms with Gasteiger partial charge in [-0.25, -0.2) is 0 Å². The van der Waals surface area contributed by atoms with Gasteiger partial charge in [0.25, 0.3) is 0 Å². The molecule has 8 nitrogen and oxygen atoms in total. The first-order valence-electron chi connectivity index (χ1n) is 12.8. The van der Waals surface area contributed by atoms with Crippen LogP contribution >= 0.6 is 0 Å². The number of hydrogen-bond donors (Lipinski definition) is 1. The maximum Gasteiger partial charge on any atom is 0.313 e. The van der Waals surface area contributed by atoms with Crippen LogP contribution in [-0.4, -0.2) is 81.8 Å². The summed E-state index contributed by atoms with van der Waals surface area (Å²) < 4.78 is 12.3. The molecule has 8 heteroatoms. The fourth-order valence-corrected chi connectivity index (χ4v) is 6.55. The monoisotopic (exact) mass is 494 g/mol. The normalized spacial score (nSPS) is 34.2. The molecule has 2 saturated heterocycles. The number of hydrogen-bond acceptors (Lipinski definition) is 6. The predicted octanol–water partition coefficient (Wildman–Crippen LogP) is 1.87. The number of carbonyl (C=O) groups excluding carboxylic acids is 3. The number of esters is 1. The minimum Gasteiger partial charge on any atom is -0.461 e. The van der Waals surface area contributed by atoms with E-state index in [0.717, 1.165) is 5.56 Å². The number of rotatable bonds is 6. The molecule has 36 heavy (non-hydrogen) atoms. The van der Waals surface area contributed by atoms with Crippen LogP contribution in [0, 0.1) is 11.8 Å². The summed E-state index contributed by atoms with van der Waals surface area (Å²) in [7, 11) is 0. The number of fused-ring (bicyclic) bond motifs is 2. The number of benzene rings is 1. The van der Waals surface area contributed by atoms with Gasteiger partial charge in [0.05, 0.1) is 18.6 Å². The van der Waals surface area contributed by atoms with E-state index >= 15 is 0 Å². The fraction of sp³-hybridized carbons (Fsp3) is 0.536.